The van der Waals surface area contributed by atoms with Crippen LogP contribution in [0.25, 0.3) is 0 Å². The number of carbonyl (C=O) groups excluding carboxylic acids is 3. The monoisotopic (exact) mass is 335 g/mol. The lowest BCUT2D eigenvalue weighted by atomic mass is 9.87. The number of aldehydes is 1. The van der Waals surface area contributed by atoms with Gasteiger partial charge >= 0.3 is 7.48 Å². The molecule has 7 nitrogen and oxygen atoms in total. The highest BCUT2D eigenvalue weighted by atomic mass is 19.1. The van der Waals surface area contributed by atoms with E-state index in [1.54, 1.807) is 7.05 Å². The summed E-state index contributed by atoms with van der Waals surface area (Å²) in [7, 11) is 1.22. The summed E-state index contributed by atoms with van der Waals surface area (Å²) in [4.78, 5) is 36.7. The molecule has 1 aliphatic rings. The van der Waals surface area contributed by atoms with Crippen LogP contribution >= 0.6 is 0 Å². The van der Waals surface area contributed by atoms with Crippen LogP contribution < -0.4 is 16.1 Å². The molecule has 9 heteroatoms. The smallest absolute Gasteiger partial charge is 0.307 e. The number of rotatable bonds is 6. The highest BCUT2D eigenvalue weighted by molar-refractivity contribution is 6.45. The number of carbonyl (C=O) groups is 3. The molecule has 128 valence electrons. The van der Waals surface area contributed by atoms with Crippen LogP contribution in [0.1, 0.15) is 16.8 Å². The maximum absolute atomic E-state index is 13.5. The number of nitrogens with one attached hydrogen (secondary N) is 2. The molecule has 1 aliphatic heterocycles. The van der Waals surface area contributed by atoms with Crippen molar-refractivity contribution >= 4 is 31.0 Å². The molecule has 0 aliphatic carbocycles. The molecule has 24 heavy (non-hydrogen) atoms. The van der Waals surface area contributed by atoms with Crippen LogP contribution in [0.4, 0.5) is 4.39 Å². The number of hydrogen-bond acceptors (Lipinski definition) is 5. The number of hydrogen-bond donors (Lipinski definition) is 3. The van der Waals surface area contributed by atoms with Crippen LogP contribution in [0, 0.1) is 5.82 Å². The van der Waals surface area contributed by atoms with Crippen molar-refractivity contribution in [3.8, 4) is 0 Å². The lowest BCUT2D eigenvalue weighted by molar-refractivity contribution is -0.125. The molecule has 2 rings (SSSR count). The van der Waals surface area contributed by atoms with Crippen molar-refractivity contribution in [2.45, 2.75) is 18.5 Å². The van der Waals surface area contributed by atoms with E-state index in [-0.39, 0.29) is 23.6 Å². The van der Waals surface area contributed by atoms with Crippen LogP contribution in [-0.4, -0.2) is 67.7 Å². The molecule has 0 spiro atoms. The van der Waals surface area contributed by atoms with Crippen LogP contribution in [0.2, 0.25) is 0 Å². The second-order valence-electron chi connectivity index (χ2n) is 5.57. The van der Waals surface area contributed by atoms with E-state index in [1.807, 2.05) is 0 Å². The lowest BCUT2D eigenvalue weighted by Crippen LogP contribution is -2.46. The molecule has 1 heterocycles. The first-order valence-electron chi connectivity index (χ1n) is 7.60. The molecular formula is C15H19BFN3O4. The van der Waals surface area contributed by atoms with Gasteiger partial charge in [-0.05, 0) is 37.1 Å². The summed E-state index contributed by atoms with van der Waals surface area (Å²) < 4.78 is 13.5. The molecule has 0 radical (unpaired) electrons. The molecule has 3 N–H and O–H groups in total. The molecule has 0 bridgehead atoms. The van der Waals surface area contributed by atoms with Crippen molar-refractivity contribution in [3.63, 3.8) is 0 Å². The third-order valence-electron chi connectivity index (χ3n) is 4.10. The van der Waals surface area contributed by atoms with Crippen LogP contribution in [-0.2, 0) is 9.59 Å². The number of likely N-dealkylation sites (N-methyl/N-ethyl adjacent to an activating group) is 1. The maximum atomic E-state index is 13.5. The van der Waals surface area contributed by atoms with E-state index in [0.717, 1.165) is 6.07 Å². The van der Waals surface area contributed by atoms with Gasteiger partial charge in [-0.1, -0.05) is 0 Å². The molecule has 0 aromatic heterocycles. The largest absolute Gasteiger partial charge is 0.449 e. The minimum absolute atomic E-state index is 0.0205. The Kier molecular flexibility index (Phi) is 6.05. The zero-order valence-corrected chi connectivity index (χ0v) is 13.3. The van der Waals surface area contributed by atoms with E-state index in [1.165, 1.54) is 17.0 Å². The van der Waals surface area contributed by atoms with Gasteiger partial charge in [-0.15, -0.1) is 0 Å². The Bertz CT molecular complexity index is 643. The summed E-state index contributed by atoms with van der Waals surface area (Å²) in [6.45, 7) is 0.202. The van der Waals surface area contributed by atoms with Crippen LogP contribution in [0.15, 0.2) is 18.2 Å². The van der Waals surface area contributed by atoms with E-state index >= 15 is 0 Å². The minimum atomic E-state index is -0.711. The van der Waals surface area contributed by atoms with Crippen LogP contribution in [0.3, 0.4) is 0 Å². The van der Waals surface area contributed by atoms with Crippen molar-refractivity contribution in [1.29, 1.82) is 0 Å². The van der Waals surface area contributed by atoms with Crippen molar-refractivity contribution in [1.82, 2.24) is 15.5 Å². The van der Waals surface area contributed by atoms with E-state index < -0.39 is 31.2 Å². The fourth-order valence-corrected chi connectivity index (χ4v) is 2.77. The predicted molar refractivity (Wildman–Crippen MR) is 86.8 cm³/mol. The average Bonchev–Trinajstić information content (AvgIpc) is 3.04. The Morgan fingerprint density at radius 3 is 2.88 bits per heavy atom. The van der Waals surface area contributed by atoms with E-state index in [0.29, 0.717) is 19.3 Å². The Hall–Kier alpha value is -2.26. The summed E-state index contributed by atoms with van der Waals surface area (Å²) in [6.07, 6.45) is 0.989. The van der Waals surface area contributed by atoms with Gasteiger partial charge in [-0.2, -0.15) is 0 Å². The summed E-state index contributed by atoms with van der Waals surface area (Å²) in [6, 6.07) is 2.96. The van der Waals surface area contributed by atoms with Gasteiger partial charge in [-0.3, -0.25) is 9.59 Å². The Morgan fingerprint density at radius 1 is 1.50 bits per heavy atom. The zero-order chi connectivity index (χ0) is 17.7. The van der Waals surface area contributed by atoms with Gasteiger partial charge in [0.25, 0.3) is 5.91 Å². The fraction of sp³-hybridized carbons (Fsp3) is 0.400. The second kappa shape index (κ2) is 8.03. The maximum Gasteiger partial charge on any atom is 0.307 e. The summed E-state index contributed by atoms with van der Waals surface area (Å²) in [5, 5.41) is 14.6. The summed E-state index contributed by atoms with van der Waals surface area (Å²) in [5.41, 5.74) is 0.220. The van der Waals surface area contributed by atoms with Gasteiger partial charge in [0.15, 0.2) is 0 Å². The zero-order valence-electron chi connectivity index (χ0n) is 13.3. The average molecular weight is 335 g/mol. The Morgan fingerprint density at radius 2 is 2.25 bits per heavy atom. The third-order valence-corrected chi connectivity index (χ3v) is 4.10. The minimum Gasteiger partial charge on any atom is -0.449 e. The lowest BCUT2D eigenvalue weighted by Gasteiger charge is -2.23. The first kappa shape index (κ1) is 18.1. The van der Waals surface area contributed by atoms with Crippen molar-refractivity contribution in [3.05, 3.63) is 29.6 Å². The predicted octanol–water partition coefficient (Wildman–Crippen LogP) is -2.09. The van der Waals surface area contributed by atoms with Gasteiger partial charge in [0, 0.05) is 18.2 Å². The standard InChI is InChI=1S/C15H19BFN3O4/c1-18-10-7-13(14(22)19-4-5-21)20(8-10)15(23)9-2-3-12(17)11(6-9)16-24/h2-3,5-6,10,13,16,18,24H,4,7-8H2,1H3,(H,19,22). The fourth-order valence-electron chi connectivity index (χ4n) is 2.77. The highest BCUT2D eigenvalue weighted by Crippen LogP contribution is 2.21. The molecule has 0 saturated carbocycles. The van der Waals surface area contributed by atoms with Gasteiger partial charge in [-0.25, -0.2) is 4.39 Å². The number of halogens is 1. The second-order valence-corrected chi connectivity index (χ2v) is 5.57. The summed E-state index contributed by atoms with van der Waals surface area (Å²) >= 11 is 0. The SMILES string of the molecule is CNC1CC(C(=O)NCC=O)N(C(=O)c2ccc(F)c(BO)c2)C1. The van der Waals surface area contributed by atoms with Crippen molar-refractivity contribution in [2.75, 3.05) is 20.1 Å². The number of benzene rings is 1. The van der Waals surface area contributed by atoms with Crippen LogP contribution in [0.5, 0.6) is 0 Å². The van der Waals surface area contributed by atoms with E-state index in [4.69, 9.17) is 5.02 Å². The number of nitrogens with zero attached hydrogens (tertiary/aromatic N) is 1. The van der Waals surface area contributed by atoms with Gasteiger partial charge in [0.05, 0.1) is 6.54 Å². The highest BCUT2D eigenvalue weighted by Gasteiger charge is 2.39. The van der Waals surface area contributed by atoms with Gasteiger partial charge < -0.3 is 25.4 Å². The normalized spacial score (nSPS) is 19.9. The molecule has 1 aromatic rings. The summed E-state index contributed by atoms with van der Waals surface area (Å²) in [5.74, 6) is -1.42. The molecule has 2 amide bonds. The van der Waals surface area contributed by atoms with Gasteiger partial charge in [0.2, 0.25) is 5.91 Å². The van der Waals surface area contributed by atoms with Gasteiger partial charge in [0.1, 0.15) is 18.1 Å². The quantitative estimate of drug-likeness (QED) is 0.409. The third kappa shape index (κ3) is 3.80. The first-order valence-corrected chi connectivity index (χ1v) is 7.60. The van der Waals surface area contributed by atoms with E-state index in [2.05, 4.69) is 10.6 Å². The topological polar surface area (TPSA) is 98.7 Å². The molecule has 2 unspecified atom stereocenters. The van der Waals surface area contributed by atoms with Crippen molar-refractivity contribution < 1.29 is 23.8 Å². The van der Waals surface area contributed by atoms with Crippen molar-refractivity contribution in [2.24, 2.45) is 0 Å². The Balaban J connectivity index is 2.24. The van der Waals surface area contributed by atoms with E-state index in [9.17, 15) is 18.8 Å². The molecule has 1 saturated heterocycles. The molecular weight excluding hydrogens is 316 g/mol. The first-order chi connectivity index (χ1) is 11.5. The number of amides is 2. The molecule has 2 atom stereocenters. The molecule has 1 fully saturated rings. The Labute approximate surface area is 139 Å². The molecule has 1 aromatic carbocycles. The number of likely N-dealkylation sites (tertiary alicyclic amines) is 1.